The van der Waals surface area contributed by atoms with Crippen LogP contribution in [-0.4, -0.2) is 41.6 Å². The third-order valence-electron chi connectivity index (χ3n) is 6.31. The van der Waals surface area contributed by atoms with Gasteiger partial charge in [-0.3, -0.25) is 4.72 Å². The lowest BCUT2D eigenvalue weighted by Gasteiger charge is -2.33. The molecular formula is C22H32N3O2S+. The third-order valence-corrected chi connectivity index (χ3v) is 7.94. The Hall–Kier alpha value is -2.05. The molecule has 2 aromatic carbocycles. The van der Waals surface area contributed by atoms with Gasteiger partial charge >= 0.3 is 0 Å². The van der Waals surface area contributed by atoms with Crippen molar-refractivity contribution >= 4 is 21.4 Å². The molecule has 1 heterocycles. The highest BCUT2D eigenvalue weighted by atomic mass is 32.2. The first kappa shape index (κ1) is 20.7. The number of rotatable bonds is 4. The molecule has 0 aliphatic carbocycles. The molecule has 1 fully saturated rings. The predicted molar refractivity (Wildman–Crippen MR) is 116 cm³/mol. The van der Waals surface area contributed by atoms with Gasteiger partial charge in [0.15, 0.2) is 0 Å². The van der Waals surface area contributed by atoms with E-state index in [9.17, 15) is 8.42 Å². The highest BCUT2D eigenvalue weighted by molar-refractivity contribution is 7.92. The Balaban J connectivity index is 2.01. The fourth-order valence-corrected chi connectivity index (χ4v) is 5.71. The summed E-state index contributed by atoms with van der Waals surface area (Å²) in [4.78, 5) is 4.19. The summed E-state index contributed by atoms with van der Waals surface area (Å²) in [6, 6.07) is 7.71. The van der Waals surface area contributed by atoms with E-state index < -0.39 is 10.0 Å². The van der Waals surface area contributed by atoms with Crippen LogP contribution in [0.2, 0.25) is 0 Å². The van der Waals surface area contributed by atoms with Crippen molar-refractivity contribution in [2.75, 3.05) is 42.8 Å². The van der Waals surface area contributed by atoms with Crippen LogP contribution in [-0.2, 0) is 10.0 Å². The monoisotopic (exact) mass is 402 g/mol. The third kappa shape index (κ3) is 3.76. The molecule has 0 amide bonds. The normalized spacial score (nSPS) is 15.7. The van der Waals surface area contributed by atoms with Gasteiger partial charge in [-0.25, -0.2) is 8.42 Å². The zero-order valence-corrected chi connectivity index (χ0v) is 18.6. The molecule has 1 aliphatic heterocycles. The number of nitrogens with one attached hydrogen (secondary N) is 2. The molecule has 0 atom stereocenters. The Morgan fingerprint density at radius 2 is 1.36 bits per heavy atom. The number of nitrogens with zero attached hydrogens (tertiary/aromatic N) is 1. The summed E-state index contributed by atoms with van der Waals surface area (Å²) in [6.07, 6.45) is 0. The summed E-state index contributed by atoms with van der Waals surface area (Å²) in [6.45, 7) is 13.8. The van der Waals surface area contributed by atoms with Crippen molar-refractivity contribution in [3.63, 3.8) is 0 Å². The number of hydrogen-bond donors (Lipinski definition) is 2. The van der Waals surface area contributed by atoms with Crippen molar-refractivity contribution in [2.45, 2.75) is 39.5 Å². The molecule has 0 aromatic heterocycles. The maximum absolute atomic E-state index is 13.4. The van der Waals surface area contributed by atoms with Gasteiger partial charge in [-0.1, -0.05) is 12.1 Å². The largest absolute Gasteiger partial charge is 0.359 e. The van der Waals surface area contributed by atoms with Crippen molar-refractivity contribution in [2.24, 2.45) is 0 Å². The predicted octanol–water partition coefficient (Wildman–Crippen LogP) is 2.36. The zero-order valence-electron chi connectivity index (χ0n) is 17.8. The molecule has 5 nitrogen and oxygen atoms in total. The van der Waals surface area contributed by atoms with Crippen LogP contribution in [0.3, 0.4) is 0 Å². The number of likely N-dealkylation sites (N-methyl/N-ethyl adjacent to an activating group) is 1. The molecule has 2 aromatic rings. The fourth-order valence-electron chi connectivity index (χ4n) is 4.03. The van der Waals surface area contributed by atoms with Crippen LogP contribution in [0.1, 0.15) is 27.8 Å². The lowest BCUT2D eigenvalue weighted by atomic mass is 9.95. The van der Waals surface area contributed by atoms with Crippen LogP contribution in [0.25, 0.3) is 0 Å². The van der Waals surface area contributed by atoms with E-state index in [0.29, 0.717) is 10.6 Å². The average molecular weight is 403 g/mol. The van der Waals surface area contributed by atoms with Gasteiger partial charge < -0.3 is 9.80 Å². The molecule has 0 unspecified atom stereocenters. The SMILES string of the molecule is Cc1c(C)c(C)c(S(=O)(=O)Nc2ccccc2N2CC[NH+](C)CC2)c(C)c1C. The van der Waals surface area contributed by atoms with Crippen LogP contribution in [0.4, 0.5) is 11.4 Å². The summed E-state index contributed by atoms with van der Waals surface area (Å²) in [5.74, 6) is 0. The van der Waals surface area contributed by atoms with E-state index in [1.807, 2.05) is 52.0 Å². The Morgan fingerprint density at radius 3 is 1.93 bits per heavy atom. The highest BCUT2D eigenvalue weighted by Gasteiger charge is 2.26. The van der Waals surface area contributed by atoms with Crippen LogP contribution in [0.5, 0.6) is 0 Å². The van der Waals surface area contributed by atoms with Gasteiger partial charge in [0.25, 0.3) is 10.0 Å². The van der Waals surface area contributed by atoms with E-state index in [4.69, 9.17) is 0 Å². The molecule has 6 heteroatoms. The van der Waals surface area contributed by atoms with Crippen molar-refractivity contribution < 1.29 is 13.3 Å². The number of piperazine rings is 1. The molecule has 1 saturated heterocycles. The lowest BCUT2D eigenvalue weighted by molar-refractivity contribution is -0.880. The molecule has 0 spiro atoms. The molecule has 28 heavy (non-hydrogen) atoms. The van der Waals surface area contributed by atoms with Crippen molar-refractivity contribution in [3.8, 4) is 0 Å². The average Bonchev–Trinajstić information content (AvgIpc) is 2.65. The van der Waals surface area contributed by atoms with Crippen LogP contribution in [0.15, 0.2) is 29.2 Å². The second kappa shape index (κ2) is 7.76. The van der Waals surface area contributed by atoms with Gasteiger partial charge in [-0.15, -0.1) is 0 Å². The van der Waals surface area contributed by atoms with Gasteiger partial charge in [0.1, 0.15) is 0 Å². The second-order valence-corrected chi connectivity index (χ2v) is 9.64. The summed E-state index contributed by atoms with van der Waals surface area (Å²) in [5.41, 5.74) is 6.50. The number of anilines is 2. The standard InChI is InChI=1S/C22H31N3O2S/c1-15-16(2)18(4)22(19(5)17(15)3)28(26,27)23-20-9-7-8-10-21(20)25-13-11-24(6)12-14-25/h7-10,23H,11-14H2,1-6H3/p+1. The minimum absolute atomic E-state index is 0.408. The molecule has 1 aliphatic rings. The molecule has 0 radical (unpaired) electrons. The highest BCUT2D eigenvalue weighted by Crippen LogP contribution is 2.33. The first-order valence-electron chi connectivity index (χ1n) is 9.88. The second-order valence-electron chi connectivity index (χ2n) is 8.02. The number of benzene rings is 2. The van der Waals surface area contributed by atoms with Crippen LogP contribution < -0.4 is 14.5 Å². The Morgan fingerprint density at radius 1 is 0.857 bits per heavy atom. The van der Waals surface area contributed by atoms with E-state index in [0.717, 1.165) is 59.7 Å². The number of quaternary nitrogens is 1. The summed E-state index contributed by atoms with van der Waals surface area (Å²) in [7, 11) is -1.50. The molecular weight excluding hydrogens is 370 g/mol. The van der Waals surface area contributed by atoms with Crippen LogP contribution in [0, 0.1) is 34.6 Å². The van der Waals surface area contributed by atoms with E-state index in [1.165, 1.54) is 4.90 Å². The Bertz CT molecular complexity index is 962. The zero-order chi connectivity index (χ0) is 20.6. The quantitative estimate of drug-likeness (QED) is 0.826. The van der Waals surface area contributed by atoms with Crippen LogP contribution >= 0.6 is 0 Å². The topological polar surface area (TPSA) is 53.9 Å². The first-order chi connectivity index (χ1) is 13.1. The maximum atomic E-state index is 13.4. The summed E-state index contributed by atoms with van der Waals surface area (Å²) >= 11 is 0. The number of sulfonamides is 1. The fraction of sp³-hybridized carbons (Fsp3) is 0.455. The molecule has 152 valence electrons. The lowest BCUT2D eigenvalue weighted by Crippen LogP contribution is -3.12. The number of para-hydroxylation sites is 2. The van der Waals surface area contributed by atoms with Crippen molar-refractivity contribution in [1.29, 1.82) is 0 Å². The molecule has 2 N–H and O–H groups in total. The van der Waals surface area contributed by atoms with Gasteiger partial charge in [-0.2, -0.15) is 0 Å². The number of hydrogen-bond acceptors (Lipinski definition) is 3. The maximum Gasteiger partial charge on any atom is 0.262 e. The van der Waals surface area contributed by atoms with Gasteiger partial charge in [-0.05, 0) is 74.6 Å². The van der Waals surface area contributed by atoms with Gasteiger partial charge in [0.2, 0.25) is 0 Å². The van der Waals surface area contributed by atoms with Gasteiger partial charge in [0.05, 0.1) is 49.5 Å². The van der Waals surface area contributed by atoms with E-state index in [1.54, 1.807) is 0 Å². The smallest absolute Gasteiger partial charge is 0.262 e. The van der Waals surface area contributed by atoms with Crippen molar-refractivity contribution in [3.05, 3.63) is 52.1 Å². The Labute approximate surface area is 169 Å². The minimum atomic E-state index is -3.69. The first-order valence-corrected chi connectivity index (χ1v) is 11.4. The minimum Gasteiger partial charge on any atom is -0.359 e. The van der Waals surface area contributed by atoms with E-state index in [2.05, 4.69) is 23.6 Å². The Kier molecular flexibility index (Phi) is 5.73. The molecule has 3 rings (SSSR count). The summed E-state index contributed by atoms with van der Waals surface area (Å²) in [5, 5.41) is 0. The van der Waals surface area contributed by atoms with Crippen molar-refractivity contribution in [1.82, 2.24) is 0 Å². The van der Waals surface area contributed by atoms with Gasteiger partial charge in [0, 0.05) is 0 Å². The van der Waals surface area contributed by atoms with E-state index >= 15 is 0 Å². The summed E-state index contributed by atoms with van der Waals surface area (Å²) < 4.78 is 29.7. The molecule has 0 bridgehead atoms. The molecule has 0 saturated carbocycles. The van der Waals surface area contributed by atoms with E-state index in [-0.39, 0.29) is 0 Å².